The van der Waals surface area contributed by atoms with Crippen molar-refractivity contribution in [2.45, 2.75) is 25.4 Å². The number of amides is 1. The van der Waals surface area contributed by atoms with Gasteiger partial charge in [0, 0.05) is 44.4 Å². The molecule has 2 heterocycles. The third kappa shape index (κ3) is 5.60. The summed E-state index contributed by atoms with van der Waals surface area (Å²) in [6.45, 7) is 4.73. The molecule has 5 nitrogen and oxygen atoms in total. The quantitative estimate of drug-likeness (QED) is 0.704. The van der Waals surface area contributed by atoms with E-state index in [0.717, 1.165) is 37.2 Å². The van der Waals surface area contributed by atoms with E-state index in [0.29, 0.717) is 18.7 Å². The molecular formula is C22H24F3N3O2. The molecular weight excluding hydrogens is 395 g/mol. The van der Waals surface area contributed by atoms with Crippen LogP contribution in [-0.4, -0.2) is 42.0 Å². The van der Waals surface area contributed by atoms with E-state index >= 15 is 0 Å². The summed E-state index contributed by atoms with van der Waals surface area (Å²) in [5.41, 5.74) is 1.60. The molecule has 0 bridgehead atoms. The Morgan fingerprint density at radius 3 is 2.50 bits per heavy atom. The lowest BCUT2D eigenvalue weighted by Gasteiger charge is -2.29. The van der Waals surface area contributed by atoms with Crippen molar-refractivity contribution >= 4 is 5.91 Å². The van der Waals surface area contributed by atoms with Gasteiger partial charge in [0.1, 0.15) is 0 Å². The predicted octanol–water partition coefficient (Wildman–Crippen LogP) is 3.56. The van der Waals surface area contributed by atoms with Crippen LogP contribution in [0.25, 0.3) is 0 Å². The topological polar surface area (TPSA) is 65.2 Å². The number of aromatic amines is 1. The molecule has 0 spiro atoms. The molecule has 0 fully saturated rings. The molecule has 2 aromatic rings. The highest BCUT2D eigenvalue weighted by Crippen LogP contribution is 2.32. The van der Waals surface area contributed by atoms with E-state index in [1.165, 1.54) is 23.9 Å². The zero-order valence-electron chi connectivity index (χ0n) is 16.6. The van der Waals surface area contributed by atoms with E-state index in [4.69, 9.17) is 0 Å². The fraction of sp³-hybridized carbons (Fsp3) is 0.364. The third-order valence-electron chi connectivity index (χ3n) is 5.38. The summed E-state index contributed by atoms with van der Waals surface area (Å²) in [4.78, 5) is 27.8. The highest BCUT2D eigenvalue weighted by atomic mass is 19.4. The number of halogens is 3. The van der Waals surface area contributed by atoms with Gasteiger partial charge in [-0.05, 0) is 30.2 Å². The van der Waals surface area contributed by atoms with Gasteiger partial charge in [-0.25, -0.2) is 0 Å². The number of hydrogen-bond acceptors (Lipinski definition) is 3. The summed E-state index contributed by atoms with van der Waals surface area (Å²) in [6.07, 6.45) is 0.0153. The third-order valence-corrected chi connectivity index (χ3v) is 5.38. The van der Waals surface area contributed by atoms with Crippen LogP contribution in [0.3, 0.4) is 0 Å². The number of pyridine rings is 1. The highest BCUT2D eigenvalue weighted by molar-refractivity contribution is 5.93. The van der Waals surface area contributed by atoms with E-state index in [9.17, 15) is 22.8 Å². The van der Waals surface area contributed by atoms with Crippen LogP contribution in [0.4, 0.5) is 13.2 Å². The molecule has 3 rings (SSSR count). The number of alkyl halides is 3. The largest absolute Gasteiger partial charge is 0.416 e. The van der Waals surface area contributed by atoms with Crippen LogP contribution in [0.15, 0.2) is 59.0 Å². The Hall–Kier alpha value is -2.87. The minimum atomic E-state index is -4.32. The molecule has 0 saturated carbocycles. The average Bonchev–Trinajstić information content (AvgIpc) is 2.73. The van der Waals surface area contributed by atoms with E-state index in [-0.39, 0.29) is 17.4 Å². The van der Waals surface area contributed by atoms with Crippen molar-refractivity contribution < 1.29 is 18.0 Å². The first kappa shape index (κ1) is 21.8. The van der Waals surface area contributed by atoms with Crippen LogP contribution in [0.1, 0.15) is 40.7 Å². The second-order valence-corrected chi connectivity index (χ2v) is 7.37. The SMILES string of the molecule is CC(C1=CCN(CCNC(=O)c2ccc(=O)[nH]c2)CC1)c1ccc(C(F)(F)F)cc1. The molecule has 8 heteroatoms. The summed E-state index contributed by atoms with van der Waals surface area (Å²) in [5, 5.41) is 2.83. The molecule has 2 N–H and O–H groups in total. The smallest absolute Gasteiger partial charge is 0.351 e. The van der Waals surface area contributed by atoms with Gasteiger partial charge in [0.15, 0.2) is 0 Å². The van der Waals surface area contributed by atoms with Crippen molar-refractivity contribution in [3.63, 3.8) is 0 Å². The molecule has 1 amide bonds. The Kier molecular flexibility index (Phi) is 6.77. The number of benzene rings is 1. The second kappa shape index (κ2) is 9.30. The monoisotopic (exact) mass is 419 g/mol. The van der Waals surface area contributed by atoms with Crippen LogP contribution in [0, 0.1) is 0 Å². The molecule has 1 unspecified atom stereocenters. The van der Waals surface area contributed by atoms with Crippen molar-refractivity contribution in [3.05, 3.63) is 81.3 Å². The summed E-state index contributed by atoms with van der Waals surface area (Å²) in [7, 11) is 0. The van der Waals surface area contributed by atoms with E-state index < -0.39 is 11.7 Å². The maximum absolute atomic E-state index is 12.7. The lowest BCUT2D eigenvalue weighted by atomic mass is 9.88. The van der Waals surface area contributed by atoms with Gasteiger partial charge < -0.3 is 10.3 Å². The zero-order chi connectivity index (χ0) is 21.7. The van der Waals surface area contributed by atoms with Crippen molar-refractivity contribution in [2.24, 2.45) is 0 Å². The summed E-state index contributed by atoms with van der Waals surface area (Å²) >= 11 is 0. The Morgan fingerprint density at radius 2 is 1.93 bits per heavy atom. The van der Waals surface area contributed by atoms with E-state index in [1.807, 2.05) is 6.92 Å². The average molecular weight is 419 g/mol. The normalized spacial score (nSPS) is 16.1. The molecule has 1 aromatic heterocycles. The number of carbonyl (C=O) groups excluding carboxylic acids is 1. The van der Waals surface area contributed by atoms with Gasteiger partial charge >= 0.3 is 6.18 Å². The Morgan fingerprint density at radius 1 is 1.20 bits per heavy atom. The predicted molar refractivity (Wildman–Crippen MR) is 108 cm³/mol. The van der Waals surface area contributed by atoms with E-state index in [1.54, 1.807) is 12.1 Å². The molecule has 1 aliphatic heterocycles. The zero-order valence-corrected chi connectivity index (χ0v) is 16.6. The summed E-state index contributed by atoms with van der Waals surface area (Å²) < 4.78 is 38.2. The molecule has 0 radical (unpaired) electrons. The van der Waals surface area contributed by atoms with Crippen LogP contribution in [-0.2, 0) is 6.18 Å². The summed E-state index contributed by atoms with van der Waals surface area (Å²) in [6, 6.07) is 8.15. The van der Waals surface area contributed by atoms with Gasteiger partial charge in [-0.2, -0.15) is 13.2 Å². The molecule has 1 aliphatic rings. The highest BCUT2D eigenvalue weighted by Gasteiger charge is 2.30. The van der Waals surface area contributed by atoms with Gasteiger partial charge in [-0.1, -0.05) is 30.7 Å². The van der Waals surface area contributed by atoms with Crippen molar-refractivity contribution in [1.29, 1.82) is 0 Å². The molecule has 30 heavy (non-hydrogen) atoms. The maximum atomic E-state index is 12.7. The van der Waals surface area contributed by atoms with Gasteiger partial charge in [0.2, 0.25) is 5.56 Å². The Balaban J connectivity index is 1.48. The van der Waals surface area contributed by atoms with Gasteiger partial charge in [0.25, 0.3) is 5.91 Å². The van der Waals surface area contributed by atoms with Gasteiger partial charge in [-0.15, -0.1) is 0 Å². The second-order valence-electron chi connectivity index (χ2n) is 7.37. The van der Waals surface area contributed by atoms with Crippen LogP contribution in [0.5, 0.6) is 0 Å². The Bertz CT molecular complexity index is 944. The minimum absolute atomic E-state index is 0.0642. The van der Waals surface area contributed by atoms with Gasteiger partial charge in [-0.3, -0.25) is 14.5 Å². The van der Waals surface area contributed by atoms with Crippen LogP contribution >= 0.6 is 0 Å². The molecule has 1 aromatic carbocycles. The number of H-pyrrole nitrogens is 1. The number of rotatable bonds is 6. The maximum Gasteiger partial charge on any atom is 0.416 e. The number of hydrogen-bond donors (Lipinski definition) is 2. The standard InChI is InChI=1S/C22H24F3N3O2/c1-15(16-2-5-19(6-3-16)22(23,24)25)17-8-11-28(12-9-17)13-10-26-21(30)18-4-7-20(29)27-14-18/h2-8,14-15H,9-13H2,1H3,(H,26,30)(H,27,29). The fourth-order valence-electron chi connectivity index (χ4n) is 3.48. The Labute approximate surface area is 172 Å². The molecule has 0 aliphatic carbocycles. The lowest BCUT2D eigenvalue weighted by molar-refractivity contribution is -0.137. The fourth-order valence-corrected chi connectivity index (χ4v) is 3.48. The van der Waals surface area contributed by atoms with Crippen molar-refractivity contribution in [3.8, 4) is 0 Å². The first-order valence-corrected chi connectivity index (χ1v) is 9.79. The number of carbonyl (C=O) groups is 1. The number of aromatic nitrogens is 1. The van der Waals surface area contributed by atoms with E-state index in [2.05, 4.69) is 21.3 Å². The molecule has 1 atom stereocenters. The number of nitrogens with one attached hydrogen (secondary N) is 2. The van der Waals surface area contributed by atoms with Crippen LogP contribution in [0.2, 0.25) is 0 Å². The number of nitrogens with zero attached hydrogens (tertiary/aromatic N) is 1. The first-order valence-electron chi connectivity index (χ1n) is 9.79. The molecule has 160 valence electrons. The minimum Gasteiger partial charge on any atom is -0.351 e. The van der Waals surface area contributed by atoms with Gasteiger partial charge in [0.05, 0.1) is 11.1 Å². The summed E-state index contributed by atoms with van der Waals surface area (Å²) in [5.74, 6) is -0.176. The first-order chi connectivity index (χ1) is 14.2. The van der Waals surface area contributed by atoms with Crippen molar-refractivity contribution in [1.82, 2.24) is 15.2 Å². The molecule has 0 saturated heterocycles. The van der Waals surface area contributed by atoms with Crippen molar-refractivity contribution in [2.75, 3.05) is 26.2 Å². The lowest BCUT2D eigenvalue weighted by Crippen LogP contribution is -2.37. The van der Waals surface area contributed by atoms with Crippen LogP contribution < -0.4 is 10.9 Å².